The van der Waals surface area contributed by atoms with E-state index in [9.17, 15) is 23.3 Å². The molecule has 0 unspecified atom stereocenters. The van der Waals surface area contributed by atoms with E-state index in [1.807, 2.05) is 0 Å². The molecule has 208 valence electrons. The molecule has 0 radical (unpaired) electrons. The SMILES string of the molecule is COc1cc(-c2cc(CN(CC(=O)NCCO)S(=O)(=O)c3ccccc3[N+](=O)[O-])ccn2)cc(OC)c1OC. The van der Waals surface area contributed by atoms with E-state index in [0.29, 0.717) is 34.1 Å². The summed E-state index contributed by atoms with van der Waals surface area (Å²) in [5, 5.41) is 23.0. The largest absolute Gasteiger partial charge is 0.493 e. The van der Waals surface area contributed by atoms with Gasteiger partial charge >= 0.3 is 0 Å². The summed E-state index contributed by atoms with van der Waals surface area (Å²) < 4.78 is 44.2. The molecule has 0 aliphatic rings. The van der Waals surface area contributed by atoms with Crippen LogP contribution < -0.4 is 19.5 Å². The van der Waals surface area contributed by atoms with Gasteiger partial charge in [-0.2, -0.15) is 4.31 Å². The highest BCUT2D eigenvalue weighted by atomic mass is 32.2. The number of para-hydroxylation sites is 1. The third-order valence-electron chi connectivity index (χ3n) is 5.58. The highest BCUT2D eigenvalue weighted by molar-refractivity contribution is 7.89. The number of hydrogen-bond donors (Lipinski definition) is 2. The van der Waals surface area contributed by atoms with Crippen LogP contribution >= 0.6 is 0 Å². The molecule has 2 aromatic carbocycles. The number of amides is 1. The van der Waals surface area contributed by atoms with E-state index < -0.39 is 38.0 Å². The Hall–Kier alpha value is -4.27. The zero-order chi connectivity index (χ0) is 28.6. The van der Waals surface area contributed by atoms with Crippen molar-refractivity contribution in [3.63, 3.8) is 0 Å². The lowest BCUT2D eigenvalue weighted by molar-refractivity contribution is -0.387. The van der Waals surface area contributed by atoms with Gasteiger partial charge in [0.1, 0.15) is 0 Å². The van der Waals surface area contributed by atoms with Gasteiger partial charge in [0.05, 0.1) is 45.1 Å². The molecular formula is C25H28N4O9S. The first-order valence-corrected chi connectivity index (χ1v) is 13.0. The topological polar surface area (TPSA) is 170 Å². The van der Waals surface area contributed by atoms with Crippen LogP contribution in [0.15, 0.2) is 59.6 Å². The molecule has 3 rings (SSSR count). The molecule has 2 N–H and O–H groups in total. The Bertz CT molecular complexity index is 1420. The summed E-state index contributed by atoms with van der Waals surface area (Å²) in [4.78, 5) is 27.0. The first kappa shape index (κ1) is 29.3. The standard InChI is InChI=1S/C25H28N4O9S/c1-36-21-13-18(14-22(37-2)25(21)38-3)19-12-17(8-9-26-19)15-28(16-24(31)27-10-11-30)39(34,35)23-7-5-4-6-20(23)29(32)33/h4-9,12-14,30H,10-11,15-16H2,1-3H3,(H,27,31). The molecule has 0 aliphatic carbocycles. The number of carbonyl (C=O) groups is 1. The van der Waals surface area contributed by atoms with Gasteiger partial charge in [-0.05, 0) is 35.9 Å². The number of ether oxygens (including phenoxy) is 3. The molecule has 14 heteroatoms. The van der Waals surface area contributed by atoms with E-state index in [-0.39, 0.29) is 19.7 Å². The number of carbonyl (C=O) groups excluding carboxylic acids is 1. The maximum absolute atomic E-state index is 13.6. The van der Waals surface area contributed by atoms with Gasteiger partial charge in [-0.3, -0.25) is 19.9 Å². The van der Waals surface area contributed by atoms with Crippen LogP contribution in [0.4, 0.5) is 5.69 Å². The minimum absolute atomic E-state index is 0.0846. The number of hydrogen-bond acceptors (Lipinski definition) is 10. The first-order valence-electron chi connectivity index (χ1n) is 11.5. The molecule has 0 atom stereocenters. The van der Waals surface area contributed by atoms with Crippen LogP contribution in [0.2, 0.25) is 0 Å². The quantitative estimate of drug-likeness (QED) is 0.233. The van der Waals surface area contributed by atoms with E-state index in [1.54, 1.807) is 24.3 Å². The predicted molar refractivity (Wildman–Crippen MR) is 140 cm³/mol. The molecule has 3 aromatic rings. The number of pyridine rings is 1. The highest BCUT2D eigenvalue weighted by Gasteiger charge is 2.33. The van der Waals surface area contributed by atoms with Crippen molar-refractivity contribution < 1.29 is 37.5 Å². The van der Waals surface area contributed by atoms with Gasteiger partial charge < -0.3 is 24.6 Å². The maximum atomic E-state index is 13.6. The van der Waals surface area contributed by atoms with E-state index in [1.165, 1.54) is 39.7 Å². The molecule has 13 nitrogen and oxygen atoms in total. The number of rotatable bonds is 13. The number of aromatic nitrogens is 1. The van der Waals surface area contributed by atoms with Gasteiger partial charge in [-0.15, -0.1) is 0 Å². The summed E-state index contributed by atoms with van der Waals surface area (Å²) in [5.74, 6) is 0.473. The smallest absolute Gasteiger partial charge is 0.289 e. The number of nitrogens with zero attached hydrogens (tertiary/aromatic N) is 3. The van der Waals surface area contributed by atoms with Gasteiger partial charge in [-0.1, -0.05) is 12.1 Å². The van der Waals surface area contributed by atoms with Crippen LogP contribution in [0.5, 0.6) is 17.2 Å². The minimum Gasteiger partial charge on any atom is -0.493 e. The molecule has 0 saturated heterocycles. The van der Waals surface area contributed by atoms with Crippen LogP contribution in [0.1, 0.15) is 5.56 Å². The third kappa shape index (κ3) is 6.79. The Morgan fingerprint density at radius 1 is 1.08 bits per heavy atom. The maximum Gasteiger partial charge on any atom is 0.289 e. The second-order valence-electron chi connectivity index (χ2n) is 8.03. The number of benzene rings is 2. The second-order valence-corrected chi connectivity index (χ2v) is 9.94. The van der Waals surface area contributed by atoms with Crippen molar-refractivity contribution in [2.45, 2.75) is 11.4 Å². The van der Waals surface area contributed by atoms with Crippen molar-refractivity contribution in [2.75, 3.05) is 41.0 Å². The Morgan fingerprint density at radius 2 is 1.74 bits per heavy atom. The molecule has 39 heavy (non-hydrogen) atoms. The predicted octanol–water partition coefficient (Wildman–Crippen LogP) is 1.98. The van der Waals surface area contributed by atoms with Gasteiger partial charge in [0.2, 0.25) is 11.7 Å². The van der Waals surface area contributed by atoms with Crippen molar-refractivity contribution in [3.05, 3.63) is 70.4 Å². The summed E-state index contributed by atoms with van der Waals surface area (Å²) in [6.07, 6.45) is 1.47. The van der Waals surface area contributed by atoms with E-state index >= 15 is 0 Å². The number of methoxy groups -OCH3 is 3. The fourth-order valence-corrected chi connectivity index (χ4v) is 5.31. The lowest BCUT2D eigenvalue weighted by Crippen LogP contribution is -2.41. The molecule has 0 fully saturated rings. The van der Waals surface area contributed by atoms with Crippen molar-refractivity contribution in [3.8, 4) is 28.5 Å². The normalized spacial score (nSPS) is 11.2. The molecule has 1 aromatic heterocycles. The number of nitro benzene ring substituents is 1. The van der Waals surface area contributed by atoms with E-state index in [0.717, 1.165) is 16.4 Å². The van der Waals surface area contributed by atoms with E-state index in [4.69, 9.17) is 19.3 Å². The lowest BCUT2D eigenvalue weighted by atomic mass is 10.1. The number of aliphatic hydroxyl groups is 1. The molecule has 0 saturated carbocycles. The molecular weight excluding hydrogens is 532 g/mol. The molecule has 1 heterocycles. The Labute approximate surface area is 225 Å². The van der Waals surface area contributed by atoms with Crippen LogP contribution in [0.25, 0.3) is 11.3 Å². The summed E-state index contributed by atoms with van der Waals surface area (Å²) in [6, 6.07) is 11.4. The zero-order valence-corrected chi connectivity index (χ0v) is 22.3. The van der Waals surface area contributed by atoms with Crippen molar-refractivity contribution in [2.24, 2.45) is 0 Å². The third-order valence-corrected chi connectivity index (χ3v) is 7.42. The highest BCUT2D eigenvalue weighted by Crippen LogP contribution is 2.41. The first-order chi connectivity index (χ1) is 18.7. The summed E-state index contributed by atoms with van der Waals surface area (Å²) in [6.45, 7) is -1.37. The second kappa shape index (κ2) is 13.0. The van der Waals surface area contributed by atoms with Gasteiger partial charge in [0, 0.05) is 30.9 Å². The van der Waals surface area contributed by atoms with Crippen LogP contribution in [0.3, 0.4) is 0 Å². The average Bonchev–Trinajstić information content (AvgIpc) is 2.94. The molecule has 0 bridgehead atoms. The summed E-state index contributed by atoms with van der Waals surface area (Å²) in [5.41, 5.74) is 0.858. The fraction of sp³-hybridized carbons (Fsp3) is 0.280. The lowest BCUT2D eigenvalue weighted by Gasteiger charge is -2.22. The monoisotopic (exact) mass is 560 g/mol. The minimum atomic E-state index is -4.51. The number of nitrogens with one attached hydrogen (secondary N) is 1. The molecule has 0 spiro atoms. The zero-order valence-electron chi connectivity index (χ0n) is 21.5. The Morgan fingerprint density at radius 3 is 2.33 bits per heavy atom. The Balaban J connectivity index is 2.05. The van der Waals surface area contributed by atoms with Gasteiger partial charge in [0.15, 0.2) is 16.4 Å². The van der Waals surface area contributed by atoms with E-state index in [2.05, 4.69) is 10.3 Å². The van der Waals surface area contributed by atoms with Gasteiger partial charge in [0.25, 0.3) is 15.7 Å². The van der Waals surface area contributed by atoms with Crippen molar-refractivity contribution in [1.82, 2.24) is 14.6 Å². The van der Waals surface area contributed by atoms with Crippen LogP contribution in [-0.4, -0.2) is 74.7 Å². The molecule has 1 amide bonds. The summed E-state index contributed by atoms with van der Waals surface area (Å²) >= 11 is 0. The average molecular weight is 561 g/mol. The number of sulfonamides is 1. The number of nitro groups is 1. The van der Waals surface area contributed by atoms with Crippen LogP contribution in [-0.2, 0) is 21.4 Å². The van der Waals surface area contributed by atoms with Crippen LogP contribution in [0, 0.1) is 10.1 Å². The number of aliphatic hydroxyl groups excluding tert-OH is 1. The molecule has 0 aliphatic heterocycles. The van der Waals surface area contributed by atoms with Crippen molar-refractivity contribution >= 4 is 21.6 Å². The fourth-order valence-electron chi connectivity index (χ4n) is 3.77. The summed E-state index contributed by atoms with van der Waals surface area (Å²) in [7, 11) is -0.0965. The van der Waals surface area contributed by atoms with Crippen molar-refractivity contribution in [1.29, 1.82) is 0 Å². The Kier molecular flexibility index (Phi) is 9.76. The van der Waals surface area contributed by atoms with Gasteiger partial charge in [-0.25, -0.2) is 8.42 Å².